The molecule has 5 unspecified atom stereocenters. The van der Waals surface area contributed by atoms with Gasteiger partial charge in [-0.3, -0.25) is 19.2 Å². The summed E-state index contributed by atoms with van der Waals surface area (Å²) in [6, 6.07) is 5.60. The first-order chi connectivity index (χ1) is 15.5. The van der Waals surface area contributed by atoms with E-state index in [0.29, 0.717) is 19.3 Å². The Hall–Kier alpha value is -2.94. The topological polar surface area (TPSA) is 151 Å². The normalized spacial score (nSPS) is 15.6. The molecule has 184 valence electrons. The van der Waals surface area contributed by atoms with Crippen molar-refractivity contribution in [3.63, 3.8) is 0 Å². The Balaban J connectivity index is 2.92. The Morgan fingerprint density at radius 2 is 1.52 bits per heavy atom. The van der Waals surface area contributed by atoms with E-state index in [4.69, 9.17) is 10.8 Å². The van der Waals surface area contributed by atoms with Crippen molar-refractivity contribution in [1.82, 2.24) is 16.0 Å². The molecular formula is C24H38N4O5. The van der Waals surface area contributed by atoms with Crippen LogP contribution >= 0.6 is 0 Å². The molecule has 0 heterocycles. The van der Waals surface area contributed by atoms with Gasteiger partial charge in [0.25, 0.3) is 0 Å². The maximum atomic E-state index is 13.1. The molecule has 0 saturated carbocycles. The van der Waals surface area contributed by atoms with E-state index >= 15 is 0 Å². The third-order valence-corrected chi connectivity index (χ3v) is 5.50. The molecule has 6 N–H and O–H groups in total. The predicted octanol–water partition coefficient (Wildman–Crippen LogP) is 1.21. The van der Waals surface area contributed by atoms with Crippen LogP contribution in [0.4, 0.5) is 0 Å². The van der Waals surface area contributed by atoms with Crippen LogP contribution in [0.2, 0.25) is 0 Å². The maximum absolute atomic E-state index is 13.1. The highest BCUT2D eigenvalue weighted by atomic mass is 16.4. The zero-order chi connectivity index (χ0) is 25.1. The lowest BCUT2D eigenvalue weighted by Crippen LogP contribution is -2.58. The third-order valence-electron chi connectivity index (χ3n) is 5.50. The number of hydrogen-bond acceptors (Lipinski definition) is 5. The minimum Gasteiger partial charge on any atom is -0.480 e. The molecule has 1 aromatic carbocycles. The molecular weight excluding hydrogens is 424 g/mol. The molecule has 33 heavy (non-hydrogen) atoms. The average molecular weight is 463 g/mol. The molecule has 3 amide bonds. The van der Waals surface area contributed by atoms with Crippen LogP contribution in [0.3, 0.4) is 0 Å². The minimum atomic E-state index is -1.17. The average Bonchev–Trinajstić information content (AvgIpc) is 2.76. The number of nitrogens with one attached hydrogen (secondary N) is 3. The van der Waals surface area contributed by atoms with Crippen molar-refractivity contribution in [3.8, 4) is 0 Å². The number of carboxylic acids is 1. The van der Waals surface area contributed by atoms with Crippen LogP contribution in [0.1, 0.15) is 53.0 Å². The summed E-state index contributed by atoms with van der Waals surface area (Å²) in [5, 5.41) is 16.9. The van der Waals surface area contributed by atoms with E-state index in [0.717, 1.165) is 5.56 Å². The molecule has 0 aliphatic rings. The molecule has 0 aliphatic heterocycles. The fraction of sp³-hybridized carbons (Fsp3) is 0.583. The molecule has 0 bridgehead atoms. The van der Waals surface area contributed by atoms with Crippen molar-refractivity contribution in [2.24, 2.45) is 17.6 Å². The molecule has 0 radical (unpaired) electrons. The Morgan fingerprint density at radius 1 is 0.909 bits per heavy atom. The van der Waals surface area contributed by atoms with Gasteiger partial charge in [0.15, 0.2) is 0 Å². The number of aliphatic carboxylic acids is 1. The van der Waals surface area contributed by atoms with Crippen LogP contribution in [0.15, 0.2) is 30.3 Å². The lowest BCUT2D eigenvalue weighted by Gasteiger charge is -2.28. The molecule has 0 aromatic heterocycles. The van der Waals surface area contributed by atoms with Crippen LogP contribution in [0.25, 0.3) is 0 Å². The SMILES string of the molecule is CCC(C)C(NC(=O)C(CC(C)C)NC(=O)C(N)Cc1ccccc1)C(=O)NC(C)C(=O)O. The Bertz CT molecular complexity index is 799. The third kappa shape index (κ3) is 9.61. The highest BCUT2D eigenvalue weighted by Gasteiger charge is 2.32. The summed E-state index contributed by atoms with van der Waals surface area (Å²) in [5.41, 5.74) is 6.98. The van der Waals surface area contributed by atoms with Crippen molar-refractivity contribution in [1.29, 1.82) is 0 Å². The monoisotopic (exact) mass is 462 g/mol. The van der Waals surface area contributed by atoms with Gasteiger partial charge in [-0.1, -0.05) is 64.4 Å². The van der Waals surface area contributed by atoms with Gasteiger partial charge in [0, 0.05) is 0 Å². The van der Waals surface area contributed by atoms with E-state index in [-0.39, 0.29) is 11.8 Å². The van der Waals surface area contributed by atoms with Gasteiger partial charge < -0.3 is 26.8 Å². The van der Waals surface area contributed by atoms with Crippen LogP contribution in [0, 0.1) is 11.8 Å². The Labute approximate surface area is 195 Å². The molecule has 0 fully saturated rings. The highest BCUT2D eigenvalue weighted by Crippen LogP contribution is 2.12. The smallest absolute Gasteiger partial charge is 0.325 e. The molecule has 1 rings (SSSR count). The predicted molar refractivity (Wildman–Crippen MR) is 126 cm³/mol. The van der Waals surface area contributed by atoms with Crippen molar-refractivity contribution < 1.29 is 24.3 Å². The standard InChI is InChI=1S/C24H38N4O5/c1-6-15(4)20(23(31)26-16(5)24(32)33)28-22(30)19(12-14(2)3)27-21(29)18(25)13-17-10-8-7-9-11-17/h7-11,14-16,18-20H,6,12-13,25H2,1-5H3,(H,26,31)(H,27,29)(H,28,30)(H,32,33). The number of rotatable bonds is 13. The van der Waals surface area contributed by atoms with Gasteiger partial charge in [0.2, 0.25) is 17.7 Å². The van der Waals surface area contributed by atoms with Crippen molar-refractivity contribution in [2.45, 2.75) is 78.0 Å². The van der Waals surface area contributed by atoms with Gasteiger partial charge in [0.05, 0.1) is 6.04 Å². The second-order valence-corrected chi connectivity index (χ2v) is 8.93. The number of nitrogens with two attached hydrogens (primary N) is 1. The van der Waals surface area contributed by atoms with Gasteiger partial charge in [-0.05, 0) is 37.2 Å². The van der Waals surface area contributed by atoms with Gasteiger partial charge in [-0.15, -0.1) is 0 Å². The second kappa shape index (κ2) is 13.6. The summed E-state index contributed by atoms with van der Waals surface area (Å²) >= 11 is 0. The summed E-state index contributed by atoms with van der Waals surface area (Å²) in [6.45, 7) is 8.86. The van der Waals surface area contributed by atoms with Crippen molar-refractivity contribution >= 4 is 23.7 Å². The molecule has 5 atom stereocenters. The lowest BCUT2D eigenvalue weighted by atomic mass is 9.96. The minimum absolute atomic E-state index is 0.0919. The van der Waals surface area contributed by atoms with Crippen LogP contribution in [-0.4, -0.2) is 53.0 Å². The summed E-state index contributed by atoms with van der Waals surface area (Å²) in [7, 11) is 0. The van der Waals surface area contributed by atoms with E-state index in [1.807, 2.05) is 51.1 Å². The summed E-state index contributed by atoms with van der Waals surface area (Å²) in [4.78, 5) is 49.6. The fourth-order valence-electron chi connectivity index (χ4n) is 3.26. The molecule has 0 aliphatic carbocycles. The Kier molecular flexibility index (Phi) is 11.6. The molecule has 9 nitrogen and oxygen atoms in total. The van der Waals surface area contributed by atoms with E-state index in [9.17, 15) is 19.2 Å². The Morgan fingerprint density at radius 3 is 2.03 bits per heavy atom. The molecule has 9 heteroatoms. The first-order valence-electron chi connectivity index (χ1n) is 11.4. The zero-order valence-electron chi connectivity index (χ0n) is 20.1. The quantitative estimate of drug-likeness (QED) is 0.297. The van der Waals surface area contributed by atoms with Crippen LogP contribution in [0.5, 0.6) is 0 Å². The van der Waals surface area contributed by atoms with Gasteiger partial charge in [0.1, 0.15) is 18.1 Å². The first kappa shape index (κ1) is 28.1. The van der Waals surface area contributed by atoms with E-state index in [2.05, 4.69) is 16.0 Å². The molecule has 0 saturated heterocycles. The van der Waals surface area contributed by atoms with Gasteiger partial charge >= 0.3 is 5.97 Å². The summed E-state index contributed by atoms with van der Waals surface area (Å²) < 4.78 is 0. The fourth-order valence-corrected chi connectivity index (χ4v) is 3.26. The maximum Gasteiger partial charge on any atom is 0.325 e. The van der Waals surface area contributed by atoms with Crippen molar-refractivity contribution in [2.75, 3.05) is 0 Å². The number of hydrogen-bond donors (Lipinski definition) is 5. The lowest BCUT2D eigenvalue weighted by molar-refractivity contribution is -0.142. The van der Waals surface area contributed by atoms with E-state index in [1.165, 1.54) is 6.92 Å². The van der Waals surface area contributed by atoms with Crippen molar-refractivity contribution in [3.05, 3.63) is 35.9 Å². The summed E-state index contributed by atoms with van der Waals surface area (Å²) in [6.07, 6.45) is 1.27. The second-order valence-electron chi connectivity index (χ2n) is 8.93. The van der Waals surface area contributed by atoms with Crippen LogP contribution in [-0.2, 0) is 25.6 Å². The number of benzene rings is 1. The summed E-state index contributed by atoms with van der Waals surface area (Å²) in [5.74, 6) is -2.87. The number of carbonyl (C=O) groups excluding carboxylic acids is 3. The highest BCUT2D eigenvalue weighted by molar-refractivity contribution is 5.94. The van der Waals surface area contributed by atoms with Gasteiger partial charge in [-0.2, -0.15) is 0 Å². The number of carbonyl (C=O) groups is 4. The van der Waals surface area contributed by atoms with Gasteiger partial charge in [-0.25, -0.2) is 0 Å². The van der Waals surface area contributed by atoms with Crippen LogP contribution < -0.4 is 21.7 Å². The number of carboxylic acid groups (broad SMARTS) is 1. The first-order valence-corrected chi connectivity index (χ1v) is 11.4. The number of amides is 3. The zero-order valence-corrected chi connectivity index (χ0v) is 20.1. The largest absolute Gasteiger partial charge is 0.480 e. The van der Waals surface area contributed by atoms with E-state index in [1.54, 1.807) is 6.92 Å². The molecule has 1 aromatic rings. The van der Waals surface area contributed by atoms with E-state index < -0.39 is 47.9 Å². The molecule has 0 spiro atoms.